The van der Waals surface area contributed by atoms with Gasteiger partial charge in [-0.1, -0.05) is 18.2 Å². The summed E-state index contributed by atoms with van der Waals surface area (Å²) in [6.45, 7) is 2.36. The van der Waals surface area contributed by atoms with E-state index in [2.05, 4.69) is 27.8 Å². The van der Waals surface area contributed by atoms with E-state index in [-0.39, 0.29) is 11.5 Å². The molecular formula is C20H23N3O2. The first-order valence-corrected chi connectivity index (χ1v) is 9.06. The maximum absolute atomic E-state index is 12.7. The average molecular weight is 337 g/mol. The van der Waals surface area contributed by atoms with Gasteiger partial charge in [0, 0.05) is 30.4 Å². The maximum atomic E-state index is 12.7. The van der Waals surface area contributed by atoms with Crippen molar-refractivity contribution in [2.45, 2.75) is 45.2 Å². The van der Waals surface area contributed by atoms with Crippen molar-refractivity contribution >= 4 is 5.91 Å². The molecule has 5 nitrogen and oxygen atoms in total. The van der Waals surface area contributed by atoms with Crippen LogP contribution in [0.3, 0.4) is 0 Å². The molecule has 1 aliphatic carbocycles. The molecule has 0 radical (unpaired) electrons. The quantitative estimate of drug-likeness (QED) is 0.800. The number of fused-ring (bicyclic) bond motifs is 2. The van der Waals surface area contributed by atoms with Crippen molar-refractivity contribution in [1.82, 2.24) is 15.6 Å². The summed E-state index contributed by atoms with van der Waals surface area (Å²) < 4.78 is 0. The molecule has 0 saturated carbocycles. The Bertz CT molecular complexity index is 870. The Balaban J connectivity index is 1.56. The van der Waals surface area contributed by atoms with Gasteiger partial charge in [0.25, 0.3) is 5.91 Å². The molecule has 2 aromatic rings. The molecule has 130 valence electrons. The summed E-state index contributed by atoms with van der Waals surface area (Å²) in [6.07, 6.45) is 4.84. The molecular weight excluding hydrogens is 314 g/mol. The molecule has 1 aromatic heterocycles. The molecule has 2 heterocycles. The molecule has 0 bridgehead atoms. The molecule has 0 spiro atoms. The average Bonchev–Trinajstić information content (AvgIpc) is 2.65. The van der Waals surface area contributed by atoms with Crippen molar-refractivity contribution in [2.75, 3.05) is 6.54 Å². The van der Waals surface area contributed by atoms with Crippen LogP contribution in [-0.2, 0) is 32.4 Å². The van der Waals surface area contributed by atoms with Crippen molar-refractivity contribution in [3.8, 4) is 0 Å². The summed E-state index contributed by atoms with van der Waals surface area (Å²) in [7, 11) is 0. The summed E-state index contributed by atoms with van der Waals surface area (Å²) >= 11 is 0. The summed E-state index contributed by atoms with van der Waals surface area (Å²) in [5.41, 5.74) is 6.14. The second-order valence-electron chi connectivity index (χ2n) is 6.88. The van der Waals surface area contributed by atoms with E-state index < -0.39 is 0 Å². The van der Waals surface area contributed by atoms with Crippen molar-refractivity contribution in [3.05, 3.63) is 68.1 Å². The normalized spacial score (nSPS) is 16.0. The number of amides is 1. The van der Waals surface area contributed by atoms with E-state index in [0.717, 1.165) is 56.5 Å². The van der Waals surface area contributed by atoms with Crippen LogP contribution in [0.15, 0.2) is 29.1 Å². The second-order valence-corrected chi connectivity index (χ2v) is 6.88. The third-order valence-corrected chi connectivity index (χ3v) is 5.26. The number of pyridine rings is 1. The Morgan fingerprint density at radius 3 is 2.92 bits per heavy atom. The standard InChI is InChI=1S/C20H23N3O2/c24-19-10-17(16-6-1-2-7-18(16)23-19)20(25)22-12-14-5-3-4-13-11-21-9-8-15(13)14/h3-5,10,21H,1-2,6-9,11-12H2,(H,22,25)(H,23,24). The molecule has 25 heavy (non-hydrogen) atoms. The van der Waals surface area contributed by atoms with Gasteiger partial charge in [-0.15, -0.1) is 0 Å². The highest BCUT2D eigenvalue weighted by molar-refractivity contribution is 5.95. The molecule has 0 fully saturated rings. The van der Waals surface area contributed by atoms with Crippen LogP contribution in [0.1, 0.15) is 51.1 Å². The molecule has 1 aliphatic heterocycles. The van der Waals surface area contributed by atoms with E-state index in [1.807, 2.05) is 6.07 Å². The summed E-state index contributed by atoms with van der Waals surface area (Å²) in [5.74, 6) is -0.143. The number of hydrogen-bond donors (Lipinski definition) is 3. The van der Waals surface area contributed by atoms with Crippen LogP contribution in [0.2, 0.25) is 0 Å². The lowest BCUT2D eigenvalue weighted by molar-refractivity contribution is 0.0949. The lowest BCUT2D eigenvalue weighted by Crippen LogP contribution is -2.30. The van der Waals surface area contributed by atoms with E-state index in [9.17, 15) is 9.59 Å². The number of nitrogens with one attached hydrogen (secondary N) is 3. The molecule has 0 atom stereocenters. The molecule has 1 amide bonds. The van der Waals surface area contributed by atoms with E-state index in [1.54, 1.807) is 0 Å². The highest BCUT2D eigenvalue weighted by Gasteiger charge is 2.20. The minimum atomic E-state index is -0.186. The van der Waals surface area contributed by atoms with Gasteiger partial charge in [-0.05, 0) is 60.9 Å². The number of carbonyl (C=O) groups excluding carboxylic acids is 1. The molecule has 1 aromatic carbocycles. The lowest BCUT2D eigenvalue weighted by Gasteiger charge is -2.21. The first-order valence-electron chi connectivity index (χ1n) is 9.06. The van der Waals surface area contributed by atoms with Gasteiger partial charge < -0.3 is 15.6 Å². The van der Waals surface area contributed by atoms with Gasteiger partial charge in [-0.2, -0.15) is 0 Å². The zero-order chi connectivity index (χ0) is 17.2. The SMILES string of the molecule is O=C(NCc1cccc2c1CCNC2)c1cc(=O)[nH]c2c1CCCC2. The number of aromatic amines is 1. The second kappa shape index (κ2) is 6.84. The monoisotopic (exact) mass is 337 g/mol. The van der Waals surface area contributed by atoms with Crippen molar-refractivity contribution < 1.29 is 4.79 Å². The van der Waals surface area contributed by atoms with Crippen molar-refractivity contribution in [2.24, 2.45) is 0 Å². The third-order valence-electron chi connectivity index (χ3n) is 5.26. The Kier molecular flexibility index (Phi) is 4.40. The Hall–Kier alpha value is -2.40. The number of aryl methyl sites for hydroxylation is 1. The number of aromatic nitrogens is 1. The number of benzene rings is 1. The van der Waals surface area contributed by atoms with Gasteiger partial charge in [0.2, 0.25) is 5.56 Å². The van der Waals surface area contributed by atoms with Gasteiger partial charge in [0.15, 0.2) is 0 Å². The fraction of sp³-hybridized carbons (Fsp3) is 0.400. The third kappa shape index (κ3) is 3.24. The Morgan fingerprint density at radius 1 is 1.12 bits per heavy atom. The molecule has 4 rings (SSSR count). The van der Waals surface area contributed by atoms with Crippen molar-refractivity contribution in [3.63, 3.8) is 0 Å². The van der Waals surface area contributed by atoms with Gasteiger partial charge in [-0.3, -0.25) is 9.59 Å². The predicted octanol–water partition coefficient (Wildman–Crippen LogP) is 1.83. The van der Waals surface area contributed by atoms with Gasteiger partial charge in [-0.25, -0.2) is 0 Å². The number of hydrogen-bond acceptors (Lipinski definition) is 3. The first kappa shape index (κ1) is 16.1. The number of carbonyl (C=O) groups is 1. The smallest absolute Gasteiger partial charge is 0.252 e. The molecule has 0 saturated heterocycles. The summed E-state index contributed by atoms with van der Waals surface area (Å²) in [4.78, 5) is 27.5. The van der Waals surface area contributed by atoms with E-state index in [1.165, 1.54) is 22.8 Å². The maximum Gasteiger partial charge on any atom is 0.252 e. The number of H-pyrrole nitrogens is 1. The summed E-state index contributed by atoms with van der Waals surface area (Å²) in [6, 6.07) is 7.71. The fourth-order valence-corrected chi connectivity index (χ4v) is 3.99. The number of rotatable bonds is 3. The van der Waals surface area contributed by atoms with Crippen LogP contribution >= 0.6 is 0 Å². The topological polar surface area (TPSA) is 74.0 Å². The van der Waals surface area contributed by atoms with Crippen LogP contribution in [0.4, 0.5) is 0 Å². The van der Waals surface area contributed by atoms with Crippen LogP contribution in [0, 0.1) is 0 Å². The van der Waals surface area contributed by atoms with E-state index in [0.29, 0.717) is 12.1 Å². The lowest BCUT2D eigenvalue weighted by atomic mass is 9.92. The van der Waals surface area contributed by atoms with Crippen molar-refractivity contribution in [1.29, 1.82) is 0 Å². The summed E-state index contributed by atoms with van der Waals surface area (Å²) in [5, 5.41) is 6.40. The predicted molar refractivity (Wildman–Crippen MR) is 96.7 cm³/mol. The van der Waals surface area contributed by atoms with Crippen LogP contribution in [-0.4, -0.2) is 17.4 Å². The van der Waals surface area contributed by atoms with E-state index >= 15 is 0 Å². The van der Waals surface area contributed by atoms with E-state index in [4.69, 9.17) is 0 Å². The van der Waals surface area contributed by atoms with Crippen LogP contribution in [0.25, 0.3) is 0 Å². The Morgan fingerprint density at radius 2 is 2.00 bits per heavy atom. The fourth-order valence-electron chi connectivity index (χ4n) is 3.99. The molecule has 0 unspecified atom stereocenters. The van der Waals surface area contributed by atoms with Gasteiger partial charge in [0.1, 0.15) is 0 Å². The largest absolute Gasteiger partial charge is 0.348 e. The zero-order valence-electron chi connectivity index (χ0n) is 14.3. The highest BCUT2D eigenvalue weighted by Crippen LogP contribution is 2.22. The van der Waals surface area contributed by atoms with Gasteiger partial charge >= 0.3 is 0 Å². The first-order chi connectivity index (χ1) is 12.2. The van der Waals surface area contributed by atoms with Crippen LogP contribution < -0.4 is 16.2 Å². The van der Waals surface area contributed by atoms with Gasteiger partial charge in [0.05, 0.1) is 0 Å². The molecule has 5 heteroatoms. The molecule has 2 aliphatic rings. The minimum Gasteiger partial charge on any atom is -0.348 e. The minimum absolute atomic E-state index is 0.143. The van der Waals surface area contributed by atoms with Crippen LogP contribution in [0.5, 0.6) is 0 Å². The molecule has 3 N–H and O–H groups in total. The highest BCUT2D eigenvalue weighted by atomic mass is 16.2. The zero-order valence-corrected chi connectivity index (χ0v) is 14.3. The Labute approximate surface area is 146 Å².